The van der Waals surface area contributed by atoms with Crippen LogP contribution in [0.4, 0.5) is 0 Å². The lowest BCUT2D eigenvalue weighted by Crippen LogP contribution is -2.58. The molecule has 6 nitrogen and oxygen atoms in total. The highest BCUT2D eigenvalue weighted by Crippen LogP contribution is 2.52. The van der Waals surface area contributed by atoms with Gasteiger partial charge >= 0.3 is 0 Å². The number of piperidine rings is 1. The van der Waals surface area contributed by atoms with Crippen molar-refractivity contribution in [3.05, 3.63) is 29.1 Å². The van der Waals surface area contributed by atoms with E-state index in [0.717, 1.165) is 30.6 Å². The van der Waals surface area contributed by atoms with Crippen LogP contribution in [-0.4, -0.2) is 58.1 Å². The average Bonchev–Trinajstić information content (AvgIpc) is 2.65. The molecule has 1 saturated heterocycles. The maximum atomic E-state index is 11.7. The Morgan fingerprint density at radius 2 is 2.12 bits per heavy atom. The highest BCUT2D eigenvalue weighted by atomic mass is 16.5. The first-order valence-corrected chi connectivity index (χ1v) is 9.90. The van der Waals surface area contributed by atoms with E-state index in [2.05, 4.69) is 28.8 Å². The highest BCUT2D eigenvalue weighted by Gasteiger charge is 2.49. The number of hydrogen-bond acceptors (Lipinski definition) is 5. The highest BCUT2D eigenvalue weighted by molar-refractivity contribution is 5.93. The van der Waals surface area contributed by atoms with Gasteiger partial charge in [0, 0.05) is 36.9 Å². The van der Waals surface area contributed by atoms with E-state index in [0.29, 0.717) is 23.1 Å². The number of nitrogens with zero attached hydrogens (tertiary/aromatic N) is 3. The summed E-state index contributed by atoms with van der Waals surface area (Å²) < 4.78 is 0. The Morgan fingerprint density at radius 1 is 1.38 bits per heavy atom. The number of carbonyl (C=O) groups is 1. The summed E-state index contributed by atoms with van der Waals surface area (Å²) in [7, 11) is 2.23. The molecular formula is C20H30N4O2. The molecule has 4 rings (SSSR count). The maximum absolute atomic E-state index is 11.7. The van der Waals surface area contributed by atoms with Gasteiger partial charge in [0.1, 0.15) is 0 Å². The van der Waals surface area contributed by atoms with Gasteiger partial charge in [-0.2, -0.15) is 0 Å². The largest absolute Gasteiger partial charge is 0.306 e. The molecule has 1 aromatic heterocycles. The van der Waals surface area contributed by atoms with Gasteiger partial charge in [-0.1, -0.05) is 6.92 Å². The van der Waals surface area contributed by atoms with Crippen LogP contribution in [0.5, 0.6) is 0 Å². The fourth-order valence-electron chi connectivity index (χ4n) is 5.20. The zero-order chi connectivity index (χ0) is 18.3. The molecule has 2 fully saturated rings. The zero-order valence-electron chi connectivity index (χ0n) is 15.9. The molecule has 0 bridgehead atoms. The fourth-order valence-corrected chi connectivity index (χ4v) is 5.20. The smallest absolute Gasteiger partial charge is 0.276 e. The minimum atomic E-state index is -0.488. The van der Waals surface area contributed by atoms with Crippen molar-refractivity contribution in [2.75, 3.05) is 20.1 Å². The summed E-state index contributed by atoms with van der Waals surface area (Å²) in [6.07, 6.45) is 8.97. The van der Waals surface area contributed by atoms with Crippen LogP contribution in [0, 0.1) is 5.41 Å². The average molecular weight is 358 g/mol. The number of aromatic nitrogens is 1. The topological polar surface area (TPSA) is 68.7 Å². The second-order valence-corrected chi connectivity index (χ2v) is 8.57. The minimum Gasteiger partial charge on any atom is -0.306 e. The van der Waals surface area contributed by atoms with Crippen LogP contribution in [0.1, 0.15) is 60.6 Å². The van der Waals surface area contributed by atoms with Gasteiger partial charge in [0.2, 0.25) is 0 Å². The summed E-state index contributed by atoms with van der Waals surface area (Å²) in [5.41, 5.74) is 4.96. The van der Waals surface area contributed by atoms with Gasteiger partial charge in [0.15, 0.2) is 0 Å². The molecule has 3 aliphatic rings. The third kappa shape index (κ3) is 3.15. The molecule has 1 aliphatic carbocycles. The fraction of sp³-hybridized carbons (Fsp3) is 0.700. The van der Waals surface area contributed by atoms with Gasteiger partial charge in [-0.3, -0.25) is 19.9 Å². The van der Waals surface area contributed by atoms with Crippen molar-refractivity contribution in [1.29, 1.82) is 0 Å². The molecule has 0 unspecified atom stereocenters. The van der Waals surface area contributed by atoms with Crippen LogP contribution in [0.15, 0.2) is 12.3 Å². The van der Waals surface area contributed by atoms with Crippen molar-refractivity contribution >= 4 is 5.91 Å². The summed E-state index contributed by atoms with van der Waals surface area (Å²) in [6.45, 7) is 5.60. The van der Waals surface area contributed by atoms with Crippen LogP contribution in [-0.2, 0) is 13.0 Å². The predicted octanol–water partition coefficient (Wildman–Crippen LogP) is 2.21. The van der Waals surface area contributed by atoms with Crippen LogP contribution in [0.3, 0.4) is 0 Å². The van der Waals surface area contributed by atoms with Crippen molar-refractivity contribution < 1.29 is 10.0 Å². The lowest BCUT2D eigenvalue weighted by atomic mass is 9.59. The lowest BCUT2D eigenvalue weighted by molar-refractivity contribution is -0.0611. The second-order valence-electron chi connectivity index (χ2n) is 8.57. The van der Waals surface area contributed by atoms with E-state index >= 15 is 0 Å². The van der Waals surface area contributed by atoms with E-state index in [4.69, 9.17) is 5.21 Å². The number of rotatable bonds is 3. The molecule has 1 saturated carbocycles. The molecule has 1 amide bonds. The number of fused-ring (bicyclic) bond motifs is 1. The third-order valence-corrected chi connectivity index (χ3v) is 7.00. The molecule has 26 heavy (non-hydrogen) atoms. The third-order valence-electron chi connectivity index (χ3n) is 7.00. The van der Waals surface area contributed by atoms with Crippen molar-refractivity contribution in [1.82, 2.24) is 20.3 Å². The van der Waals surface area contributed by atoms with Crippen molar-refractivity contribution in [2.45, 2.75) is 64.1 Å². The normalized spacial score (nSPS) is 26.3. The van der Waals surface area contributed by atoms with Gasteiger partial charge in [-0.05, 0) is 69.3 Å². The molecule has 3 heterocycles. The van der Waals surface area contributed by atoms with Crippen molar-refractivity contribution in [3.63, 3.8) is 0 Å². The Kier molecular flexibility index (Phi) is 4.75. The summed E-state index contributed by atoms with van der Waals surface area (Å²) in [6, 6.07) is 3.10. The minimum absolute atomic E-state index is 0.432. The van der Waals surface area contributed by atoms with E-state index in [9.17, 15) is 4.79 Å². The Balaban J connectivity index is 1.48. The molecule has 142 valence electrons. The number of likely N-dealkylation sites (tertiary alicyclic amines) is 1. The lowest BCUT2D eigenvalue weighted by Gasteiger charge is -2.57. The molecule has 0 aromatic carbocycles. The zero-order valence-corrected chi connectivity index (χ0v) is 15.9. The molecule has 1 spiro atoms. The Bertz CT molecular complexity index is 676. The van der Waals surface area contributed by atoms with Crippen molar-refractivity contribution in [2.24, 2.45) is 5.41 Å². The summed E-state index contributed by atoms with van der Waals surface area (Å²) in [5, 5.41) is 8.88. The molecular weight excluding hydrogens is 328 g/mol. The van der Waals surface area contributed by atoms with Crippen LogP contribution in [0.2, 0.25) is 0 Å². The molecule has 2 N–H and O–H groups in total. The molecule has 0 radical (unpaired) electrons. The quantitative estimate of drug-likeness (QED) is 0.640. The standard InChI is InChI=1S/C20H30N4O2/c1-3-16-9-18-15(8-14(12-21-18)19(25)22-26)13-24(16)17-10-20(11-17)4-6-23(2)7-5-20/h8,12,16-17,26H,3-7,9-11,13H2,1-2H3,(H,22,25)/t16-/m0/s1. The summed E-state index contributed by atoms with van der Waals surface area (Å²) >= 11 is 0. The first-order valence-electron chi connectivity index (χ1n) is 9.90. The molecule has 1 aromatic rings. The van der Waals surface area contributed by atoms with E-state index in [1.54, 1.807) is 11.7 Å². The van der Waals surface area contributed by atoms with E-state index in [1.165, 1.54) is 38.8 Å². The SMILES string of the molecule is CC[C@H]1Cc2ncc(C(=O)NO)cc2CN1C1CC2(CCN(C)CC2)C1. The second kappa shape index (κ2) is 6.91. The monoisotopic (exact) mass is 358 g/mol. The Morgan fingerprint density at radius 3 is 2.77 bits per heavy atom. The van der Waals surface area contributed by atoms with Gasteiger partial charge in [0.25, 0.3) is 5.91 Å². The maximum Gasteiger partial charge on any atom is 0.276 e. The van der Waals surface area contributed by atoms with Crippen LogP contribution < -0.4 is 5.48 Å². The molecule has 2 aliphatic heterocycles. The van der Waals surface area contributed by atoms with Crippen LogP contribution in [0.25, 0.3) is 0 Å². The number of hydroxylamine groups is 1. The number of amides is 1. The van der Waals surface area contributed by atoms with E-state index in [1.807, 2.05) is 6.07 Å². The van der Waals surface area contributed by atoms with E-state index < -0.39 is 5.91 Å². The van der Waals surface area contributed by atoms with Crippen molar-refractivity contribution in [3.8, 4) is 0 Å². The first kappa shape index (κ1) is 17.9. The summed E-state index contributed by atoms with van der Waals surface area (Å²) in [5.74, 6) is -0.488. The van der Waals surface area contributed by atoms with Gasteiger partial charge in [-0.15, -0.1) is 0 Å². The number of carbonyl (C=O) groups excluding carboxylic acids is 1. The Hall–Kier alpha value is -1.50. The molecule has 1 atom stereocenters. The van der Waals surface area contributed by atoms with Gasteiger partial charge in [-0.25, -0.2) is 5.48 Å². The predicted molar refractivity (Wildman–Crippen MR) is 99.0 cm³/mol. The van der Waals surface area contributed by atoms with Gasteiger partial charge in [0.05, 0.1) is 5.56 Å². The first-order chi connectivity index (χ1) is 12.5. The number of pyridine rings is 1. The number of nitrogens with one attached hydrogen (secondary N) is 1. The van der Waals surface area contributed by atoms with E-state index in [-0.39, 0.29) is 0 Å². The number of hydrogen-bond donors (Lipinski definition) is 2. The Labute approximate surface area is 155 Å². The molecule has 6 heteroatoms. The summed E-state index contributed by atoms with van der Waals surface area (Å²) in [4.78, 5) is 21.3. The van der Waals surface area contributed by atoms with Crippen LogP contribution >= 0.6 is 0 Å². The van der Waals surface area contributed by atoms with Gasteiger partial charge < -0.3 is 4.90 Å².